The van der Waals surface area contributed by atoms with Crippen LogP contribution in [0.4, 0.5) is 0 Å². The third-order valence-electron chi connectivity index (χ3n) is 4.57. The van der Waals surface area contributed by atoms with Gasteiger partial charge in [0.05, 0.1) is 5.69 Å². The highest BCUT2D eigenvalue weighted by atomic mass is 16.4. The van der Waals surface area contributed by atoms with E-state index in [-0.39, 0.29) is 12.1 Å². The number of carboxylic acids is 1. The summed E-state index contributed by atoms with van der Waals surface area (Å²) in [5.41, 5.74) is -0.0712. The smallest absolute Gasteiger partial charge is 0.315 e. The van der Waals surface area contributed by atoms with E-state index >= 15 is 0 Å². The molecule has 1 atom stereocenters. The molecule has 1 aromatic carbocycles. The maximum atomic E-state index is 12.7. The Morgan fingerprint density at radius 2 is 1.85 bits per heavy atom. The van der Waals surface area contributed by atoms with Crippen molar-refractivity contribution < 1.29 is 14.7 Å². The molecule has 1 aromatic heterocycles. The van der Waals surface area contributed by atoms with E-state index in [0.717, 1.165) is 0 Å². The highest BCUT2D eigenvalue weighted by molar-refractivity contribution is 5.96. The fraction of sp³-hybridized carbons (Fsp3) is 0.368. The molecule has 26 heavy (non-hydrogen) atoms. The summed E-state index contributed by atoms with van der Waals surface area (Å²) in [4.78, 5) is 36.6. The number of H-pyrrole nitrogens is 1. The lowest BCUT2D eigenvalue weighted by Crippen LogP contribution is -2.45. The number of amides is 1. The van der Waals surface area contributed by atoms with Crippen molar-refractivity contribution >= 4 is 11.9 Å². The fourth-order valence-electron chi connectivity index (χ4n) is 2.89. The number of rotatable bonds is 7. The van der Waals surface area contributed by atoms with Crippen LogP contribution < -0.4 is 10.9 Å². The van der Waals surface area contributed by atoms with Crippen LogP contribution in [0, 0.1) is 0 Å². The maximum Gasteiger partial charge on any atom is 0.315 e. The summed E-state index contributed by atoms with van der Waals surface area (Å²) in [6.45, 7) is 5.13. The van der Waals surface area contributed by atoms with E-state index in [1.807, 2.05) is 13.8 Å². The molecular formula is C19H23N3O4. The number of aromatic amines is 1. The predicted molar refractivity (Wildman–Crippen MR) is 97.4 cm³/mol. The molecule has 3 N–H and O–H groups in total. The van der Waals surface area contributed by atoms with E-state index in [1.54, 1.807) is 37.3 Å². The molecule has 0 aliphatic carbocycles. The molecule has 2 rings (SSSR count). The summed E-state index contributed by atoms with van der Waals surface area (Å²) in [6, 6.07) is 8.68. The second-order valence-corrected chi connectivity index (χ2v) is 6.25. The summed E-state index contributed by atoms with van der Waals surface area (Å²) in [5.74, 6) is -1.65. The van der Waals surface area contributed by atoms with Crippen LogP contribution in [0.15, 0.2) is 35.1 Å². The first-order valence-electron chi connectivity index (χ1n) is 8.52. The molecule has 7 nitrogen and oxygen atoms in total. The third-order valence-corrected chi connectivity index (χ3v) is 4.57. The average Bonchev–Trinajstić information content (AvgIpc) is 2.65. The van der Waals surface area contributed by atoms with Crippen molar-refractivity contribution in [2.45, 2.75) is 39.0 Å². The molecule has 0 saturated heterocycles. The SMILES string of the molecule is CCc1n[nH]c(=O)c(C(=O)NCC(C)(C(=O)O)c2ccccc2)c1CC. The van der Waals surface area contributed by atoms with Crippen molar-refractivity contribution in [1.82, 2.24) is 15.5 Å². The van der Waals surface area contributed by atoms with E-state index in [4.69, 9.17) is 0 Å². The van der Waals surface area contributed by atoms with Gasteiger partial charge in [-0.1, -0.05) is 44.2 Å². The quantitative estimate of drug-likeness (QED) is 0.698. The first kappa shape index (κ1) is 19.4. The number of aliphatic carboxylic acids is 1. The van der Waals surface area contributed by atoms with Crippen LogP contribution in [0.25, 0.3) is 0 Å². The number of nitrogens with one attached hydrogen (secondary N) is 2. The number of carboxylic acid groups (broad SMARTS) is 1. The number of nitrogens with zero attached hydrogens (tertiary/aromatic N) is 1. The summed E-state index contributed by atoms with van der Waals surface area (Å²) >= 11 is 0. The molecule has 1 unspecified atom stereocenters. The Morgan fingerprint density at radius 1 is 1.19 bits per heavy atom. The third kappa shape index (κ3) is 3.66. The zero-order valence-electron chi connectivity index (χ0n) is 15.1. The minimum Gasteiger partial charge on any atom is -0.481 e. The van der Waals surface area contributed by atoms with Crippen molar-refractivity contribution in [2.24, 2.45) is 0 Å². The van der Waals surface area contributed by atoms with Crippen molar-refractivity contribution in [3.8, 4) is 0 Å². The largest absolute Gasteiger partial charge is 0.481 e. The van der Waals surface area contributed by atoms with Gasteiger partial charge in [0.1, 0.15) is 11.0 Å². The average molecular weight is 357 g/mol. The van der Waals surface area contributed by atoms with Gasteiger partial charge in [0, 0.05) is 6.54 Å². The normalized spacial score (nSPS) is 13.0. The second kappa shape index (κ2) is 7.95. The predicted octanol–water partition coefficient (Wildman–Crippen LogP) is 1.67. The maximum absolute atomic E-state index is 12.7. The summed E-state index contributed by atoms with van der Waals surface area (Å²) in [5, 5.41) is 18.6. The number of aromatic nitrogens is 2. The molecule has 0 aliphatic heterocycles. The zero-order valence-corrected chi connectivity index (χ0v) is 15.1. The minimum atomic E-state index is -1.31. The number of hydrogen-bond donors (Lipinski definition) is 3. The standard InChI is InChI=1S/C19H23N3O4/c1-4-13-14(5-2)21-22-17(24)15(13)16(23)20-11-19(3,18(25)26)12-9-7-6-8-10-12/h6-10H,4-5,11H2,1-3H3,(H,20,23)(H,22,24)(H,25,26). The van der Waals surface area contributed by atoms with Crippen LogP contribution in [0.2, 0.25) is 0 Å². The van der Waals surface area contributed by atoms with Crippen molar-refractivity contribution in [3.63, 3.8) is 0 Å². The number of hydrogen-bond acceptors (Lipinski definition) is 4. The molecule has 0 saturated carbocycles. The van der Waals surface area contributed by atoms with E-state index < -0.39 is 22.9 Å². The molecule has 138 valence electrons. The van der Waals surface area contributed by atoms with Gasteiger partial charge < -0.3 is 10.4 Å². The molecule has 0 fully saturated rings. The molecule has 0 radical (unpaired) electrons. The molecular weight excluding hydrogens is 334 g/mol. The lowest BCUT2D eigenvalue weighted by Gasteiger charge is -2.26. The summed E-state index contributed by atoms with van der Waals surface area (Å²) < 4.78 is 0. The Morgan fingerprint density at radius 3 is 2.38 bits per heavy atom. The minimum absolute atomic E-state index is 0.000139. The number of carbonyl (C=O) groups is 2. The lowest BCUT2D eigenvalue weighted by molar-refractivity contribution is -0.142. The highest BCUT2D eigenvalue weighted by Crippen LogP contribution is 2.23. The first-order chi connectivity index (χ1) is 12.3. The fourth-order valence-corrected chi connectivity index (χ4v) is 2.89. The molecule has 0 spiro atoms. The Hall–Kier alpha value is -2.96. The number of aryl methyl sites for hydroxylation is 1. The van der Waals surface area contributed by atoms with Crippen molar-refractivity contribution in [1.29, 1.82) is 0 Å². The van der Waals surface area contributed by atoms with Crippen LogP contribution >= 0.6 is 0 Å². The Balaban J connectivity index is 2.33. The van der Waals surface area contributed by atoms with Gasteiger partial charge in [0.15, 0.2) is 0 Å². The van der Waals surface area contributed by atoms with Gasteiger partial charge >= 0.3 is 5.97 Å². The lowest BCUT2D eigenvalue weighted by atomic mass is 9.82. The molecule has 0 aliphatic rings. The van der Waals surface area contributed by atoms with E-state index in [2.05, 4.69) is 15.5 Å². The number of benzene rings is 1. The van der Waals surface area contributed by atoms with E-state index in [1.165, 1.54) is 0 Å². The summed E-state index contributed by atoms with van der Waals surface area (Å²) in [6.07, 6.45) is 1.06. The van der Waals surface area contributed by atoms with Crippen molar-refractivity contribution in [2.75, 3.05) is 6.54 Å². The van der Waals surface area contributed by atoms with Gasteiger partial charge in [-0.3, -0.25) is 14.4 Å². The Labute approximate surface area is 151 Å². The molecule has 7 heteroatoms. The van der Waals surface area contributed by atoms with E-state index in [0.29, 0.717) is 29.7 Å². The monoisotopic (exact) mass is 357 g/mol. The van der Waals surface area contributed by atoms with Gasteiger partial charge in [0.25, 0.3) is 11.5 Å². The van der Waals surface area contributed by atoms with Gasteiger partial charge in [-0.05, 0) is 30.9 Å². The summed E-state index contributed by atoms with van der Waals surface area (Å²) in [7, 11) is 0. The Bertz CT molecular complexity index is 861. The second-order valence-electron chi connectivity index (χ2n) is 6.25. The molecule has 0 bridgehead atoms. The van der Waals surface area contributed by atoms with Crippen molar-refractivity contribution in [3.05, 3.63) is 63.1 Å². The van der Waals surface area contributed by atoms with Crippen LogP contribution in [0.1, 0.15) is 48.0 Å². The van der Waals surface area contributed by atoms with E-state index in [9.17, 15) is 19.5 Å². The van der Waals surface area contributed by atoms with Gasteiger partial charge in [-0.15, -0.1) is 0 Å². The topological polar surface area (TPSA) is 112 Å². The van der Waals surface area contributed by atoms with Crippen LogP contribution in [0.5, 0.6) is 0 Å². The molecule has 1 heterocycles. The van der Waals surface area contributed by atoms with Crippen LogP contribution in [0.3, 0.4) is 0 Å². The zero-order chi connectivity index (χ0) is 19.3. The van der Waals surface area contributed by atoms with Gasteiger partial charge in [0.2, 0.25) is 0 Å². The van der Waals surface area contributed by atoms with Gasteiger partial charge in [-0.2, -0.15) is 5.10 Å². The van der Waals surface area contributed by atoms with Crippen LogP contribution in [-0.2, 0) is 23.1 Å². The van der Waals surface area contributed by atoms with Crippen LogP contribution in [-0.4, -0.2) is 33.7 Å². The molecule has 2 aromatic rings. The molecule has 1 amide bonds. The van der Waals surface area contributed by atoms with Gasteiger partial charge in [-0.25, -0.2) is 5.10 Å². The first-order valence-corrected chi connectivity index (χ1v) is 8.52. The Kier molecular flexibility index (Phi) is 5.92. The highest BCUT2D eigenvalue weighted by Gasteiger charge is 2.36. The number of carbonyl (C=O) groups excluding carboxylic acids is 1.